The maximum absolute atomic E-state index is 13.0. The average Bonchev–Trinajstić information content (AvgIpc) is 3.24. The van der Waals surface area contributed by atoms with E-state index in [1.807, 2.05) is 28.0 Å². The van der Waals surface area contributed by atoms with Crippen molar-refractivity contribution in [1.29, 1.82) is 0 Å². The summed E-state index contributed by atoms with van der Waals surface area (Å²) in [5.41, 5.74) is 0.672. The Morgan fingerprint density at radius 3 is 2.67 bits per heavy atom. The van der Waals surface area contributed by atoms with Gasteiger partial charge in [0.15, 0.2) is 5.78 Å². The highest BCUT2D eigenvalue weighted by Gasteiger charge is 2.38. The summed E-state index contributed by atoms with van der Waals surface area (Å²) in [6, 6.07) is 8.90. The average molecular weight is 391 g/mol. The van der Waals surface area contributed by atoms with E-state index in [2.05, 4.69) is 5.32 Å². The molecule has 2 heterocycles. The van der Waals surface area contributed by atoms with Crippen LogP contribution < -0.4 is 5.32 Å². The molecule has 8 heteroatoms. The van der Waals surface area contributed by atoms with Crippen LogP contribution >= 0.6 is 11.8 Å². The summed E-state index contributed by atoms with van der Waals surface area (Å²) in [6.45, 7) is 2.10. The number of likely N-dealkylation sites (tertiary alicyclic amines) is 1. The Morgan fingerprint density at radius 1 is 1.22 bits per heavy atom. The topological polar surface area (TPSA) is 79.0 Å². The number of hydrogen-bond acceptors (Lipinski definition) is 6. The molecule has 3 rings (SSSR count). The SMILES string of the molecule is COC(=O)NC1CCN(CC(=O)c2ccccc2)CC1C(=O)N1CCSC1. The third-order valence-electron chi connectivity index (χ3n) is 5.03. The number of thioether (sulfide) groups is 1. The number of rotatable bonds is 5. The summed E-state index contributed by atoms with van der Waals surface area (Å²) in [5.74, 6) is 1.32. The van der Waals surface area contributed by atoms with Gasteiger partial charge in [-0.3, -0.25) is 14.5 Å². The number of carbonyl (C=O) groups is 3. The molecule has 146 valence electrons. The third kappa shape index (κ3) is 5.01. The molecule has 0 bridgehead atoms. The van der Waals surface area contributed by atoms with Crippen LogP contribution in [0.1, 0.15) is 16.8 Å². The first-order valence-corrected chi connectivity index (χ1v) is 10.3. The van der Waals surface area contributed by atoms with Gasteiger partial charge in [-0.25, -0.2) is 4.79 Å². The second-order valence-electron chi connectivity index (χ2n) is 6.80. The van der Waals surface area contributed by atoms with Gasteiger partial charge in [-0.2, -0.15) is 0 Å². The van der Waals surface area contributed by atoms with E-state index in [-0.39, 0.29) is 30.2 Å². The van der Waals surface area contributed by atoms with Crippen LogP contribution in [0, 0.1) is 5.92 Å². The van der Waals surface area contributed by atoms with Gasteiger partial charge in [0.1, 0.15) is 0 Å². The fraction of sp³-hybridized carbons (Fsp3) is 0.526. The van der Waals surface area contributed by atoms with Crippen molar-refractivity contribution >= 4 is 29.5 Å². The van der Waals surface area contributed by atoms with E-state index in [9.17, 15) is 14.4 Å². The number of hydrogen-bond donors (Lipinski definition) is 1. The minimum atomic E-state index is -0.526. The lowest BCUT2D eigenvalue weighted by Crippen LogP contribution is -2.56. The number of Topliss-reactive ketones (excluding diaryl/α,β-unsaturated/α-hetero) is 1. The van der Waals surface area contributed by atoms with Crippen molar-refractivity contribution in [3.8, 4) is 0 Å². The molecule has 2 aliphatic heterocycles. The van der Waals surface area contributed by atoms with E-state index in [0.29, 0.717) is 31.0 Å². The van der Waals surface area contributed by atoms with Gasteiger partial charge in [0.25, 0.3) is 0 Å². The van der Waals surface area contributed by atoms with E-state index in [1.165, 1.54) is 7.11 Å². The molecule has 2 fully saturated rings. The zero-order chi connectivity index (χ0) is 19.2. The van der Waals surface area contributed by atoms with Gasteiger partial charge in [-0.05, 0) is 6.42 Å². The number of alkyl carbamates (subject to hydrolysis) is 1. The Labute approximate surface area is 163 Å². The summed E-state index contributed by atoms with van der Waals surface area (Å²) in [5, 5.41) is 2.80. The molecular weight excluding hydrogens is 366 g/mol. The number of carbonyl (C=O) groups excluding carboxylic acids is 3. The number of ketones is 1. The Balaban J connectivity index is 1.67. The van der Waals surface area contributed by atoms with E-state index >= 15 is 0 Å². The number of benzene rings is 1. The second-order valence-corrected chi connectivity index (χ2v) is 7.88. The van der Waals surface area contributed by atoms with Crippen LogP contribution in [0.5, 0.6) is 0 Å². The third-order valence-corrected chi connectivity index (χ3v) is 6.00. The molecule has 7 nitrogen and oxygen atoms in total. The lowest BCUT2D eigenvalue weighted by molar-refractivity contribution is -0.136. The Morgan fingerprint density at radius 2 is 2.00 bits per heavy atom. The number of piperidine rings is 1. The highest BCUT2D eigenvalue weighted by atomic mass is 32.2. The van der Waals surface area contributed by atoms with Crippen LogP contribution in [-0.2, 0) is 9.53 Å². The standard InChI is InChI=1S/C19H25N3O4S/c1-26-19(25)20-16-7-8-21(12-17(23)14-5-3-2-4-6-14)11-15(16)18(24)22-9-10-27-13-22/h2-6,15-16H,7-13H2,1H3,(H,20,25). The molecule has 0 spiro atoms. The number of ether oxygens (including phenoxy) is 1. The first-order valence-electron chi connectivity index (χ1n) is 9.10. The largest absolute Gasteiger partial charge is 0.453 e. The number of amides is 2. The molecule has 2 atom stereocenters. The van der Waals surface area contributed by atoms with Crippen LogP contribution in [0.4, 0.5) is 4.79 Å². The summed E-state index contributed by atoms with van der Waals surface area (Å²) < 4.78 is 4.71. The van der Waals surface area contributed by atoms with Gasteiger partial charge in [-0.1, -0.05) is 30.3 Å². The fourth-order valence-corrected chi connectivity index (χ4v) is 4.49. The van der Waals surface area contributed by atoms with E-state index in [1.54, 1.807) is 23.9 Å². The molecular formula is C19H25N3O4S. The molecule has 0 aromatic heterocycles. The maximum Gasteiger partial charge on any atom is 0.407 e. The van der Waals surface area contributed by atoms with Crippen LogP contribution in [0.3, 0.4) is 0 Å². The van der Waals surface area contributed by atoms with Gasteiger partial charge >= 0.3 is 6.09 Å². The maximum atomic E-state index is 13.0. The van der Waals surface area contributed by atoms with Gasteiger partial charge in [0, 0.05) is 37.0 Å². The molecule has 0 saturated carbocycles. The predicted molar refractivity (Wildman–Crippen MR) is 104 cm³/mol. The van der Waals surface area contributed by atoms with Gasteiger partial charge in [0.05, 0.1) is 25.4 Å². The molecule has 0 aliphatic carbocycles. The predicted octanol–water partition coefficient (Wildman–Crippen LogP) is 1.45. The Bertz CT molecular complexity index is 679. The summed E-state index contributed by atoms with van der Waals surface area (Å²) in [6.07, 6.45) is 0.0802. The first-order chi connectivity index (χ1) is 13.1. The van der Waals surface area contributed by atoms with Gasteiger partial charge < -0.3 is 15.0 Å². The molecule has 1 N–H and O–H groups in total. The van der Waals surface area contributed by atoms with Crippen molar-refractivity contribution < 1.29 is 19.1 Å². The smallest absolute Gasteiger partial charge is 0.407 e. The summed E-state index contributed by atoms with van der Waals surface area (Å²) in [7, 11) is 1.32. The Hall–Kier alpha value is -2.06. The minimum Gasteiger partial charge on any atom is -0.453 e. The normalized spacial score (nSPS) is 23.1. The van der Waals surface area contributed by atoms with Crippen LogP contribution in [-0.4, -0.2) is 78.5 Å². The molecule has 1 aromatic rings. The molecule has 2 saturated heterocycles. The van der Waals surface area contributed by atoms with E-state index < -0.39 is 6.09 Å². The summed E-state index contributed by atoms with van der Waals surface area (Å²) >= 11 is 1.73. The van der Waals surface area contributed by atoms with Crippen LogP contribution in [0.25, 0.3) is 0 Å². The molecule has 1 aromatic carbocycles. The monoisotopic (exact) mass is 391 g/mol. The fourth-order valence-electron chi connectivity index (χ4n) is 3.54. The zero-order valence-corrected chi connectivity index (χ0v) is 16.2. The van der Waals surface area contributed by atoms with Gasteiger partial charge in [-0.15, -0.1) is 11.8 Å². The minimum absolute atomic E-state index is 0.0397. The van der Waals surface area contributed by atoms with Crippen molar-refractivity contribution in [2.75, 3.05) is 44.9 Å². The quantitative estimate of drug-likeness (QED) is 0.766. The number of nitrogens with one attached hydrogen (secondary N) is 1. The lowest BCUT2D eigenvalue weighted by Gasteiger charge is -2.38. The van der Waals surface area contributed by atoms with E-state index in [4.69, 9.17) is 4.74 Å². The van der Waals surface area contributed by atoms with Crippen molar-refractivity contribution in [1.82, 2.24) is 15.1 Å². The van der Waals surface area contributed by atoms with Crippen molar-refractivity contribution in [3.05, 3.63) is 35.9 Å². The van der Waals surface area contributed by atoms with E-state index in [0.717, 1.165) is 12.3 Å². The lowest BCUT2D eigenvalue weighted by atomic mass is 9.90. The molecule has 2 aliphatic rings. The first kappa shape index (κ1) is 19.7. The van der Waals surface area contributed by atoms with Crippen molar-refractivity contribution in [2.45, 2.75) is 12.5 Å². The van der Waals surface area contributed by atoms with Crippen LogP contribution in [0.15, 0.2) is 30.3 Å². The zero-order valence-electron chi connectivity index (χ0n) is 15.4. The molecule has 0 radical (unpaired) electrons. The van der Waals surface area contributed by atoms with Crippen molar-refractivity contribution in [2.24, 2.45) is 5.92 Å². The van der Waals surface area contributed by atoms with Gasteiger partial charge in [0.2, 0.25) is 5.91 Å². The number of nitrogens with zero attached hydrogens (tertiary/aromatic N) is 2. The van der Waals surface area contributed by atoms with Crippen LogP contribution in [0.2, 0.25) is 0 Å². The Kier molecular flexibility index (Phi) is 6.73. The highest BCUT2D eigenvalue weighted by Crippen LogP contribution is 2.24. The second kappa shape index (κ2) is 9.23. The number of methoxy groups -OCH3 is 1. The van der Waals surface area contributed by atoms with Crippen molar-refractivity contribution in [3.63, 3.8) is 0 Å². The summed E-state index contributed by atoms with van der Waals surface area (Å²) in [4.78, 5) is 41.0. The molecule has 2 amide bonds. The molecule has 27 heavy (non-hydrogen) atoms. The highest BCUT2D eigenvalue weighted by molar-refractivity contribution is 7.99. The molecule has 2 unspecified atom stereocenters.